The van der Waals surface area contributed by atoms with Crippen molar-refractivity contribution in [1.29, 1.82) is 0 Å². The molecule has 4 heterocycles. The Morgan fingerprint density at radius 3 is 2.39 bits per heavy atom. The molecule has 1 fully saturated rings. The molecule has 0 radical (unpaired) electrons. The van der Waals surface area contributed by atoms with Crippen LogP contribution in [0.15, 0.2) is 24.3 Å². The maximum Gasteiger partial charge on any atom is 0.416 e. The smallest absolute Gasteiger partial charge is 0.352 e. The van der Waals surface area contributed by atoms with E-state index in [0.29, 0.717) is 26.2 Å². The van der Waals surface area contributed by atoms with E-state index in [1.807, 2.05) is 0 Å². The minimum Gasteiger partial charge on any atom is -0.352 e. The summed E-state index contributed by atoms with van der Waals surface area (Å²) in [6.07, 6.45) is -1.64. The van der Waals surface area contributed by atoms with Gasteiger partial charge in [-0.05, 0) is 49.2 Å². The van der Waals surface area contributed by atoms with E-state index in [9.17, 15) is 18.0 Å². The van der Waals surface area contributed by atoms with Crippen LogP contribution in [0.1, 0.15) is 52.5 Å². The van der Waals surface area contributed by atoms with Gasteiger partial charge in [-0.1, -0.05) is 13.8 Å². The van der Waals surface area contributed by atoms with Crippen molar-refractivity contribution >= 4 is 33.3 Å². The van der Waals surface area contributed by atoms with Gasteiger partial charge in [-0.25, -0.2) is 9.97 Å². The first-order chi connectivity index (χ1) is 17.3. The number of halogens is 3. The number of fused-ring (bicyclic) bond motifs is 3. The molecule has 1 saturated heterocycles. The van der Waals surface area contributed by atoms with Crippen LogP contribution in [0.25, 0.3) is 10.2 Å². The van der Waals surface area contributed by atoms with Gasteiger partial charge in [0.1, 0.15) is 16.5 Å². The normalized spacial score (nSPS) is 17.0. The molecule has 0 bridgehead atoms. The van der Waals surface area contributed by atoms with Crippen LogP contribution in [-0.2, 0) is 25.6 Å². The summed E-state index contributed by atoms with van der Waals surface area (Å²) in [6.45, 7) is 9.54. The second kappa shape index (κ2) is 9.97. The quantitative estimate of drug-likeness (QED) is 0.477. The van der Waals surface area contributed by atoms with Gasteiger partial charge in [-0.3, -0.25) is 9.69 Å². The minimum absolute atomic E-state index is 0.240. The summed E-state index contributed by atoms with van der Waals surface area (Å²) in [5, 5.41) is 1.16. The molecule has 0 spiro atoms. The first kappa shape index (κ1) is 25.0. The van der Waals surface area contributed by atoms with Crippen molar-refractivity contribution in [3.63, 3.8) is 0 Å². The number of rotatable bonds is 5. The van der Waals surface area contributed by atoms with E-state index in [-0.39, 0.29) is 11.5 Å². The molecule has 3 aromatic rings. The Morgan fingerprint density at radius 1 is 1.03 bits per heavy atom. The lowest BCUT2D eigenvalue weighted by atomic mass is 10.0. The highest BCUT2D eigenvalue weighted by Crippen LogP contribution is 2.39. The lowest BCUT2D eigenvalue weighted by molar-refractivity contribution is -0.137. The molecule has 1 aromatic carbocycles. The zero-order valence-corrected chi connectivity index (χ0v) is 21.4. The largest absolute Gasteiger partial charge is 0.416 e. The van der Waals surface area contributed by atoms with Gasteiger partial charge >= 0.3 is 6.18 Å². The van der Waals surface area contributed by atoms with E-state index in [1.165, 1.54) is 22.6 Å². The van der Waals surface area contributed by atoms with E-state index in [4.69, 9.17) is 9.97 Å². The summed E-state index contributed by atoms with van der Waals surface area (Å²) in [6, 6.07) is 4.46. The van der Waals surface area contributed by atoms with Crippen molar-refractivity contribution in [2.75, 3.05) is 44.2 Å². The number of alkyl halides is 3. The van der Waals surface area contributed by atoms with Gasteiger partial charge < -0.3 is 9.80 Å². The Bertz CT molecular complexity index is 1250. The van der Waals surface area contributed by atoms with Crippen molar-refractivity contribution < 1.29 is 18.0 Å². The molecule has 10 heteroatoms. The summed E-state index contributed by atoms with van der Waals surface area (Å²) >= 11 is 1.78. The number of anilines is 1. The van der Waals surface area contributed by atoms with Crippen LogP contribution >= 0.6 is 11.3 Å². The van der Waals surface area contributed by atoms with Crippen LogP contribution in [-0.4, -0.2) is 64.9 Å². The van der Waals surface area contributed by atoms with Crippen molar-refractivity contribution in [2.24, 2.45) is 0 Å². The number of hydrogen-bond donors (Lipinski definition) is 0. The first-order valence-corrected chi connectivity index (χ1v) is 13.3. The molecule has 2 aromatic heterocycles. The number of likely N-dealkylation sites (N-methyl/N-ethyl adjacent to an activating group) is 1. The van der Waals surface area contributed by atoms with Crippen LogP contribution in [0.4, 0.5) is 19.0 Å². The molecule has 0 aliphatic carbocycles. The van der Waals surface area contributed by atoms with Gasteiger partial charge in [0.2, 0.25) is 0 Å². The lowest BCUT2D eigenvalue weighted by Gasteiger charge is -2.36. The standard InChI is InChI=1S/C26H30F3N5OS/c1-3-5-21-30-23(22-19-10-11-32(4-2)16-20(19)36-24(22)31-21)33-12-14-34(15-13-33)25(35)17-6-8-18(9-7-17)26(27,28)29/h6-9H,3-5,10-16H2,1-2H3. The van der Waals surface area contributed by atoms with E-state index in [1.54, 1.807) is 16.2 Å². The fourth-order valence-corrected chi connectivity index (χ4v) is 6.29. The molecule has 2 aliphatic heterocycles. The molecule has 36 heavy (non-hydrogen) atoms. The third-order valence-electron chi connectivity index (χ3n) is 7.05. The maximum atomic E-state index is 13.0. The van der Waals surface area contributed by atoms with Gasteiger partial charge in [-0.15, -0.1) is 11.3 Å². The van der Waals surface area contributed by atoms with Gasteiger partial charge in [0.25, 0.3) is 5.91 Å². The number of carbonyl (C=O) groups excluding carboxylic acids is 1. The predicted molar refractivity (Wildman–Crippen MR) is 136 cm³/mol. The summed E-state index contributed by atoms with van der Waals surface area (Å²) < 4.78 is 38.6. The van der Waals surface area contributed by atoms with E-state index < -0.39 is 11.7 Å². The number of thiophene rings is 1. The Kier molecular flexibility index (Phi) is 6.91. The monoisotopic (exact) mass is 517 g/mol. The zero-order valence-electron chi connectivity index (χ0n) is 20.6. The third-order valence-corrected chi connectivity index (χ3v) is 8.16. The molecule has 192 valence electrons. The molecule has 5 rings (SSSR count). The Balaban J connectivity index is 1.37. The highest BCUT2D eigenvalue weighted by molar-refractivity contribution is 7.19. The summed E-state index contributed by atoms with van der Waals surface area (Å²) in [5.41, 5.74) is 0.889. The Morgan fingerprint density at radius 2 is 1.75 bits per heavy atom. The molecule has 0 N–H and O–H groups in total. The molecule has 0 unspecified atom stereocenters. The number of benzene rings is 1. The average molecular weight is 518 g/mol. The van der Waals surface area contributed by atoms with Crippen LogP contribution in [0, 0.1) is 0 Å². The number of hydrogen-bond acceptors (Lipinski definition) is 6. The van der Waals surface area contributed by atoms with Crippen molar-refractivity contribution in [3.8, 4) is 0 Å². The molecule has 1 amide bonds. The fraction of sp³-hybridized carbons (Fsp3) is 0.500. The second-order valence-corrected chi connectivity index (χ2v) is 10.5. The number of aromatic nitrogens is 2. The first-order valence-electron chi connectivity index (χ1n) is 12.5. The van der Waals surface area contributed by atoms with Gasteiger partial charge in [0, 0.05) is 56.1 Å². The van der Waals surface area contributed by atoms with Crippen LogP contribution in [0.5, 0.6) is 0 Å². The van der Waals surface area contributed by atoms with Crippen LogP contribution < -0.4 is 4.90 Å². The molecule has 6 nitrogen and oxygen atoms in total. The minimum atomic E-state index is -4.41. The Labute approximate surface area is 212 Å². The molecule has 0 saturated carbocycles. The molecular formula is C26H30F3N5OS. The topological polar surface area (TPSA) is 52.6 Å². The second-order valence-electron chi connectivity index (χ2n) is 9.37. The lowest BCUT2D eigenvalue weighted by Crippen LogP contribution is -2.49. The number of carbonyl (C=O) groups is 1. The summed E-state index contributed by atoms with van der Waals surface area (Å²) in [5.74, 6) is 1.58. The van der Waals surface area contributed by atoms with Crippen molar-refractivity contribution in [1.82, 2.24) is 19.8 Å². The van der Waals surface area contributed by atoms with E-state index in [0.717, 1.165) is 72.9 Å². The van der Waals surface area contributed by atoms with Crippen molar-refractivity contribution in [3.05, 3.63) is 51.7 Å². The third kappa shape index (κ3) is 4.80. The predicted octanol–water partition coefficient (Wildman–Crippen LogP) is 5.00. The SMILES string of the molecule is CCCc1nc(N2CCN(C(=O)c3ccc(C(F)(F)F)cc3)CC2)c2c3c(sc2n1)CN(CC)CC3. The van der Waals surface area contributed by atoms with Gasteiger partial charge in [0.05, 0.1) is 10.9 Å². The van der Waals surface area contributed by atoms with E-state index in [2.05, 4.69) is 23.6 Å². The van der Waals surface area contributed by atoms with Crippen LogP contribution in [0.2, 0.25) is 0 Å². The van der Waals surface area contributed by atoms with E-state index >= 15 is 0 Å². The average Bonchev–Trinajstić information content (AvgIpc) is 3.25. The molecular weight excluding hydrogens is 487 g/mol. The zero-order chi connectivity index (χ0) is 25.4. The van der Waals surface area contributed by atoms with Crippen LogP contribution in [0.3, 0.4) is 0 Å². The fourth-order valence-electron chi connectivity index (χ4n) is 5.01. The van der Waals surface area contributed by atoms with Gasteiger partial charge in [-0.2, -0.15) is 13.2 Å². The highest BCUT2D eigenvalue weighted by Gasteiger charge is 2.31. The number of aryl methyl sites for hydroxylation is 1. The number of piperazine rings is 1. The van der Waals surface area contributed by atoms with Crippen molar-refractivity contribution in [2.45, 2.75) is 45.8 Å². The summed E-state index contributed by atoms with van der Waals surface area (Å²) in [7, 11) is 0. The molecule has 2 aliphatic rings. The van der Waals surface area contributed by atoms with Gasteiger partial charge in [0.15, 0.2) is 0 Å². The number of amides is 1. The summed E-state index contributed by atoms with van der Waals surface area (Å²) in [4.78, 5) is 31.7. The highest BCUT2D eigenvalue weighted by atomic mass is 32.1. The maximum absolute atomic E-state index is 13.0. The molecule has 0 atom stereocenters. The number of nitrogens with zero attached hydrogens (tertiary/aromatic N) is 5. The Hall–Kier alpha value is -2.72.